The van der Waals surface area contributed by atoms with E-state index in [9.17, 15) is 0 Å². The van der Waals surface area contributed by atoms with Gasteiger partial charge < -0.3 is 9.64 Å². The molecule has 2 nitrogen and oxygen atoms in total. The van der Waals surface area contributed by atoms with Crippen LogP contribution in [0.4, 0.5) is 0 Å². The zero-order chi connectivity index (χ0) is 7.98. The normalized spacial score (nSPS) is 24.5. The minimum atomic E-state index is 0. The monoisotopic (exact) mass is 328 g/mol. The average molecular weight is 328 g/mol. The minimum Gasteiger partial charge on any atom is -0.455 e. The molecule has 1 heterocycles. The molecule has 0 bridgehead atoms. The molecule has 3 heteroatoms. The van der Waals surface area contributed by atoms with Gasteiger partial charge in [0.05, 0.1) is 12.7 Å². The van der Waals surface area contributed by atoms with Crippen LogP contribution in [0.5, 0.6) is 0 Å². The summed E-state index contributed by atoms with van der Waals surface area (Å²) in [6.07, 6.45) is 0.376. The van der Waals surface area contributed by atoms with E-state index in [4.69, 9.17) is 4.74 Å². The van der Waals surface area contributed by atoms with Gasteiger partial charge >= 0.3 is 0 Å². The van der Waals surface area contributed by atoms with E-state index >= 15 is 0 Å². The molecular weight excluding hydrogens is 310 g/mol. The van der Waals surface area contributed by atoms with Gasteiger partial charge in [-0.25, -0.2) is 0 Å². The van der Waals surface area contributed by atoms with Crippen molar-refractivity contribution in [1.29, 1.82) is 0 Å². The minimum absolute atomic E-state index is 0. The van der Waals surface area contributed by atoms with Crippen LogP contribution < -0.4 is 0 Å². The summed E-state index contributed by atoms with van der Waals surface area (Å²) < 4.78 is 5.27. The van der Waals surface area contributed by atoms with Crippen molar-refractivity contribution in [3.63, 3.8) is 0 Å². The number of ether oxygens (including phenoxy) is 1. The molecule has 0 spiro atoms. The van der Waals surface area contributed by atoms with Gasteiger partial charge in [-0.05, 0) is 20.0 Å². The smallest absolute Gasteiger partial charge is 0.0650 e. The topological polar surface area (TPSA) is 12.5 Å². The molecule has 68 valence electrons. The Morgan fingerprint density at radius 3 is 2.27 bits per heavy atom. The van der Waals surface area contributed by atoms with Crippen molar-refractivity contribution < 1.29 is 25.8 Å². The van der Waals surface area contributed by atoms with E-state index in [-0.39, 0.29) is 21.1 Å². The Bertz CT molecular complexity index is 72.5. The van der Waals surface area contributed by atoms with Crippen LogP contribution in [0, 0.1) is 7.05 Å². The molecule has 0 aromatic heterocycles. The molecule has 11 heavy (non-hydrogen) atoms. The number of morpholine rings is 1. The van der Waals surface area contributed by atoms with Gasteiger partial charge in [-0.3, -0.25) is 7.05 Å². The van der Waals surface area contributed by atoms with Crippen molar-refractivity contribution in [2.24, 2.45) is 0 Å². The molecule has 1 saturated heterocycles. The molecule has 0 radical (unpaired) electrons. The maximum atomic E-state index is 5.27. The summed E-state index contributed by atoms with van der Waals surface area (Å²) in [5.74, 6) is 0. The van der Waals surface area contributed by atoms with E-state index in [2.05, 4.69) is 14.0 Å². The Morgan fingerprint density at radius 2 is 2.00 bits per heavy atom. The molecule has 0 aromatic carbocycles. The Morgan fingerprint density at radius 1 is 1.45 bits per heavy atom. The molecule has 0 N–H and O–H groups in total. The fourth-order valence-electron chi connectivity index (χ4n) is 0.891. The Kier molecular flexibility index (Phi) is 11.2. The van der Waals surface area contributed by atoms with E-state index in [0.717, 1.165) is 19.7 Å². The molecule has 1 unspecified atom stereocenters. The molecule has 1 fully saturated rings. The van der Waals surface area contributed by atoms with Crippen LogP contribution in [0.3, 0.4) is 0 Å². The second kappa shape index (κ2) is 8.70. The van der Waals surface area contributed by atoms with Crippen molar-refractivity contribution in [1.82, 2.24) is 4.90 Å². The van der Waals surface area contributed by atoms with Crippen molar-refractivity contribution in [3.8, 4) is 0 Å². The second-order valence-corrected chi connectivity index (χ2v) is 2.26. The van der Waals surface area contributed by atoms with Crippen molar-refractivity contribution in [3.05, 3.63) is 7.05 Å². The van der Waals surface area contributed by atoms with Crippen LogP contribution in [0.25, 0.3) is 0 Å². The van der Waals surface area contributed by atoms with Crippen LogP contribution in [0.2, 0.25) is 0 Å². The summed E-state index contributed by atoms with van der Waals surface area (Å²) in [5.41, 5.74) is 0. The van der Waals surface area contributed by atoms with Gasteiger partial charge in [-0.1, -0.05) is 13.8 Å². The van der Waals surface area contributed by atoms with Crippen molar-refractivity contribution in [2.75, 3.05) is 19.7 Å². The molecule has 1 aliphatic heterocycles. The number of hydrogen-bond donors (Lipinski definition) is 0. The van der Waals surface area contributed by atoms with Gasteiger partial charge in [0.15, 0.2) is 0 Å². The second-order valence-electron chi connectivity index (χ2n) is 2.26. The summed E-state index contributed by atoms with van der Waals surface area (Å²) in [6, 6.07) is 0. The third kappa shape index (κ3) is 6.99. The third-order valence-corrected chi connectivity index (χ3v) is 1.33. The van der Waals surface area contributed by atoms with Crippen molar-refractivity contribution in [2.45, 2.75) is 26.9 Å². The predicted molar refractivity (Wildman–Crippen MR) is 43.7 cm³/mol. The molecule has 0 aliphatic carbocycles. The van der Waals surface area contributed by atoms with Crippen LogP contribution >= 0.6 is 0 Å². The first-order valence-electron chi connectivity index (χ1n) is 3.96. The molecule has 0 amide bonds. The fourth-order valence-corrected chi connectivity index (χ4v) is 0.891. The standard InChI is InChI=1S/C6H12NO.C2H6.W/c1-6-5-7(2)3-4-8-6;1-2;/h6H,2-5H2,1H3;1-2H3;/q-1;;. The van der Waals surface area contributed by atoms with Gasteiger partial charge in [0.25, 0.3) is 0 Å². The summed E-state index contributed by atoms with van der Waals surface area (Å²) in [7, 11) is 3.80. The first-order valence-corrected chi connectivity index (χ1v) is 3.96. The summed E-state index contributed by atoms with van der Waals surface area (Å²) >= 11 is 0. The zero-order valence-corrected chi connectivity index (χ0v) is 10.6. The van der Waals surface area contributed by atoms with Gasteiger partial charge in [0.2, 0.25) is 0 Å². The summed E-state index contributed by atoms with van der Waals surface area (Å²) in [5, 5.41) is 0. The first kappa shape index (κ1) is 14.2. The van der Waals surface area contributed by atoms with E-state index in [0.29, 0.717) is 6.10 Å². The van der Waals surface area contributed by atoms with E-state index < -0.39 is 0 Å². The molecular formula is C8H18NOW-. The molecule has 0 saturated carbocycles. The SMILES string of the molecule is CC.[CH2-]N1CCOC(C)C1.[W]. The van der Waals surface area contributed by atoms with Crippen LogP contribution in [0.15, 0.2) is 0 Å². The zero-order valence-electron chi connectivity index (χ0n) is 7.67. The van der Waals surface area contributed by atoms with Gasteiger partial charge in [-0.2, -0.15) is 0 Å². The maximum Gasteiger partial charge on any atom is 0.0650 e. The van der Waals surface area contributed by atoms with Crippen molar-refractivity contribution >= 4 is 0 Å². The Balaban J connectivity index is 0. The van der Waals surface area contributed by atoms with Crippen LogP contribution in [-0.2, 0) is 25.8 Å². The van der Waals surface area contributed by atoms with Gasteiger partial charge in [0.1, 0.15) is 0 Å². The Labute approximate surface area is 84.6 Å². The quantitative estimate of drug-likeness (QED) is 0.626. The largest absolute Gasteiger partial charge is 0.455 e. The predicted octanol–water partition coefficient (Wildman–Crippen LogP) is 1.52. The van der Waals surface area contributed by atoms with Crippen LogP contribution in [-0.4, -0.2) is 30.7 Å². The number of hydrogen-bond acceptors (Lipinski definition) is 2. The molecule has 0 aromatic rings. The van der Waals surface area contributed by atoms with Gasteiger partial charge in [0, 0.05) is 21.1 Å². The number of rotatable bonds is 0. The summed E-state index contributed by atoms with van der Waals surface area (Å²) in [6.45, 7) is 8.85. The van der Waals surface area contributed by atoms with E-state index in [1.807, 2.05) is 18.7 Å². The molecule has 1 atom stereocenters. The van der Waals surface area contributed by atoms with E-state index in [1.165, 1.54) is 0 Å². The summed E-state index contributed by atoms with van der Waals surface area (Å²) in [4.78, 5) is 2.04. The third-order valence-electron chi connectivity index (χ3n) is 1.33. The fraction of sp³-hybridized carbons (Fsp3) is 0.875. The average Bonchev–Trinajstić information content (AvgIpc) is 1.91. The maximum absolute atomic E-state index is 5.27. The first-order chi connectivity index (χ1) is 4.79. The molecule has 1 aliphatic rings. The number of nitrogens with zero attached hydrogens (tertiary/aromatic N) is 1. The molecule has 1 rings (SSSR count). The van der Waals surface area contributed by atoms with Crippen LogP contribution in [0.1, 0.15) is 20.8 Å². The van der Waals surface area contributed by atoms with E-state index in [1.54, 1.807) is 0 Å². The Hall–Kier alpha value is 0.608. The van der Waals surface area contributed by atoms with Gasteiger partial charge in [-0.15, -0.1) is 0 Å².